The van der Waals surface area contributed by atoms with Gasteiger partial charge in [0.2, 0.25) is 0 Å². The van der Waals surface area contributed by atoms with Gasteiger partial charge in [-0.05, 0) is 61.1 Å². The van der Waals surface area contributed by atoms with E-state index in [0.717, 1.165) is 41.0 Å². The van der Waals surface area contributed by atoms with Gasteiger partial charge in [-0.1, -0.05) is 66.2 Å². The van der Waals surface area contributed by atoms with Crippen LogP contribution < -0.4 is 15.2 Å². The molecule has 194 valence electrons. The number of nitrogens with two attached hydrogens (primary N) is 1. The van der Waals surface area contributed by atoms with Crippen LogP contribution in [0.15, 0.2) is 84.0 Å². The van der Waals surface area contributed by atoms with Crippen molar-refractivity contribution in [3.05, 3.63) is 95.6 Å². The van der Waals surface area contributed by atoms with Gasteiger partial charge in [0.05, 0.1) is 6.42 Å². The molecule has 7 nitrogen and oxygen atoms in total. The number of carbonyl (C=O) groups is 1. The number of benzene rings is 3. The first kappa shape index (κ1) is 26.2. The molecule has 7 heteroatoms. The van der Waals surface area contributed by atoms with Gasteiger partial charge in [-0.3, -0.25) is 4.79 Å². The van der Waals surface area contributed by atoms with Crippen LogP contribution in [-0.4, -0.2) is 29.5 Å². The van der Waals surface area contributed by atoms with Gasteiger partial charge < -0.3 is 25.2 Å². The molecule has 0 saturated heterocycles. The van der Waals surface area contributed by atoms with Crippen molar-refractivity contribution in [1.29, 1.82) is 0 Å². The molecular formula is C30H34N2O5. The second-order valence-electron chi connectivity index (χ2n) is 9.26. The molecule has 0 heterocycles. The summed E-state index contributed by atoms with van der Waals surface area (Å²) in [5.74, 6) is 0.506. The van der Waals surface area contributed by atoms with Crippen LogP contribution in [0.4, 0.5) is 0 Å². The second kappa shape index (κ2) is 13.5. The van der Waals surface area contributed by atoms with Crippen LogP contribution in [0.25, 0.3) is 0 Å². The highest BCUT2D eigenvalue weighted by Crippen LogP contribution is 2.22. The van der Waals surface area contributed by atoms with Crippen LogP contribution in [0.3, 0.4) is 0 Å². The van der Waals surface area contributed by atoms with Crippen molar-refractivity contribution < 1.29 is 24.2 Å². The zero-order chi connectivity index (χ0) is 25.9. The number of hydrogen-bond donors (Lipinski definition) is 2. The molecule has 0 bridgehead atoms. The topological polar surface area (TPSA) is 103 Å². The van der Waals surface area contributed by atoms with Crippen molar-refractivity contribution in [3.63, 3.8) is 0 Å². The fraction of sp³-hybridized carbons (Fsp3) is 0.333. The van der Waals surface area contributed by atoms with Crippen molar-refractivity contribution in [2.75, 3.05) is 6.61 Å². The van der Waals surface area contributed by atoms with Crippen molar-refractivity contribution >= 4 is 11.7 Å². The zero-order valence-corrected chi connectivity index (χ0v) is 20.9. The predicted molar refractivity (Wildman–Crippen MR) is 143 cm³/mol. The van der Waals surface area contributed by atoms with Crippen LogP contribution in [-0.2, 0) is 16.2 Å². The number of ether oxygens (including phenoxy) is 2. The Hall–Kier alpha value is -3.84. The van der Waals surface area contributed by atoms with E-state index in [9.17, 15) is 4.79 Å². The molecule has 1 aliphatic carbocycles. The standard InChI is InChI=1S/C30H34N2O5/c31-28(19-30(33)34)23-13-17-26(18-14-23)35-20-22-11-15-25(16-12-22)36-21-29(24-7-3-1-4-8-24)32-37-27-9-5-2-6-10-27/h1,3-4,7-8,11-18,27-28H,2,5-6,9-10,19-21,31H2,(H,33,34)/b32-29+. The van der Waals surface area contributed by atoms with Crippen LogP contribution in [0.5, 0.6) is 11.5 Å². The molecule has 4 rings (SSSR count). The Morgan fingerprint density at radius 2 is 1.54 bits per heavy atom. The smallest absolute Gasteiger partial charge is 0.305 e. The summed E-state index contributed by atoms with van der Waals surface area (Å²) in [5.41, 5.74) is 9.42. The third-order valence-electron chi connectivity index (χ3n) is 6.38. The number of rotatable bonds is 12. The minimum atomic E-state index is -0.920. The Labute approximate surface area is 217 Å². The van der Waals surface area contributed by atoms with Gasteiger partial charge in [0.1, 0.15) is 36.5 Å². The van der Waals surface area contributed by atoms with Crippen LogP contribution in [0.1, 0.15) is 61.3 Å². The van der Waals surface area contributed by atoms with Gasteiger partial charge >= 0.3 is 5.97 Å². The van der Waals surface area contributed by atoms with E-state index in [0.29, 0.717) is 19.0 Å². The molecule has 0 radical (unpaired) electrons. The number of oxime groups is 1. The predicted octanol–water partition coefficient (Wildman–Crippen LogP) is 5.87. The van der Waals surface area contributed by atoms with E-state index in [1.165, 1.54) is 19.3 Å². The number of hydrogen-bond acceptors (Lipinski definition) is 6. The third kappa shape index (κ3) is 8.36. The monoisotopic (exact) mass is 502 g/mol. The lowest BCUT2D eigenvalue weighted by Crippen LogP contribution is -2.18. The molecule has 37 heavy (non-hydrogen) atoms. The lowest BCUT2D eigenvalue weighted by molar-refractivity contribution is -0.137. The van der Waals surface area contributed by atoms with Crippen molar-refractivity contribution in [2.45, 2.75) is 57.3 Å². The molecule has 0 amide bonds. The molecule has 1 atom stereocenters. The average Bonchev–Trinajstić information content (AvgIpc) is 2.93. The lowest BCUT2D eigenvalue weighted by Gasteiger charge is -2.20. The second-order valence-corrected chi connectivity index (χ2v) is 9.26. The van der Waals surface area contributed by atoms with Crippen LogP contribution in [0, 0.1) is 0 Å². The SMILES string of the molecule is NC(CC(=O)O)c1ccc(OCc2ccc(OC/C(=N\OC3CCCCC3)c3ccccc3)cc2)cc1. The third-order valence-corrected chi connectivity index (χ3v) is 6.38. The van der Waals surface area contributed by atoms with Gasteiger partial charge in [-0.25, -0.2) is 0 Å². The number of carboxylic acids is 1. The Morgan fingerprint density at radius 1 is 0.892 bits per heavy atom. The Balaban J connectivity index is 1.30. The summed E-state index contributed by atoms with van der Waals surface area (Å²) < 4.78 is 11.9. The minimum Gasteiger partial charge on any atom is -0.489 e. The molecule has 1 fully saturated rings. The Morgan fingerprint density at radius 3 is 2.22 bits per heavy atom. The first-order valence-electron chi connectivity index (χ1n) is 12.8. The summed E-state index contributed by atoms with van der Waals surface area (Å²) >= 11 is 0. The van der Waals surface area contributed by atoms with Gasteiger partial charge in [0.25, 0.3) is 0 Å². The largest absolute Gasteiger partial charge is 0.489 e. The summed E-state index contributed by atoms with van der Waals surface area (Å²) in [6.45, 7) is 0.704. The number of aliphatic carboxylic acids is 1. The van der Waals surface area contributed by atoms with Gasteiger partial charge in [0.15, 0.2) is 0 Å². The first-order valence-corrected chi connectivity index (χ1v) is 12.8. The molecular weight excluding hydrogens is 468 g/mol. The normalized spacial score (nSPS) is 15.1. The molecule has 1 unspecified atom stereocenters. The van der Waals surface area contributed by atoms with E-state index in [1.807, 2.05) is 54.6 Å². The molecule has 0 aliphatic heterocycles. The summed E-state index contributed by atoms with van der Waals surface area (Å²) in [6, 6.07) is 24.4. The van der Waals surface area contributed by atoms with Crippen LogP contribution >= 0.6 is 0 Å². The van der Waals surface area contributed by atoms with Crippen molar-refractivity contribution in [2.24, 2.45) is 10.9 Å². The molecule has 0 spiro atoms. The van der Waals surface area contributed by atoms with Crippen LogP contribution in [0.2, 0.25) is 0 Å². The summed E-state index contributed by atoms with van der Waals surface area (Å²) in [5, 5.41) is 13.4. The quantitative estimate of drug-likeness (QED) is 0.237. The highest BCUT2D eigenvalue weighted by molar-refractivity contribution is 6.01. The van der Waals surface area contributed by atoms with Gasteiger partial charge in [0, 0.05) is 11.6 Å². The van der Waals surface area contributed by atoms with Crippen molar-refractivity contribution in [3.8, 4) is 11.5 Å². The highest BCUT2D eigenvalue weighted by atomic mass is 16.6. The molecule has 1 aliphatic rings. The fourth-order valence-electron chi connectivity index (χ4n) is 4.22. The van der Waals surface area contributed by atoms with E-state index < -0.39 is 12.0 Å². The number of nitrogens with zero attached hydrogens (tertiary/aromatic N) is 1. The highest BCUT2D eigenvalue weighted by Gasteiger charge is 2.15. The summed E-state index contributed by atoms with van der Waals surface area (Å²) in [6.07, 6.45) is 5.84. The molecule has 0 aromatic heterocycles. The molecule has 1 saturated carbocycles. The summed E-state index contributed by atoms with van der Waals surface area (Å²) in [4.78, 5) is 16.7. The van der Waals surface area contributed by atoms with E-state index in [-0.39, 0.29) is 12.5 Å². The molecule has 3 aromatic rings. The van der Waals surface area contributed by atoms with Gasteiger partial charge in [-0.15, -0.1) is 0 Å². The lowest BCUT2D eigenvalue weighted by atomic mass is 9.98. The van der Waals surface area contributed by atoms with Gasteiger partial charge in [-0.2, -0.15) is 0 Å². The first-order chi connectivity index (χ1) is 18.1. The average molecular weight is 503 g/mol. The van der Waals surface area contributed by atoms with E-state index in [2.05, 4.69) is 5.16 Å². The maximum atomic E-state index is 10.8. The van der Waals surface area contributed by atoms with E-state index in [4.69, 9.17) is 25.2 Å². The Kier molecular flexibility index (Phi) is 9.54. The summed E-state index contributed by atoms with van der Waals surface area (Å²) in [7, 11) is 0. The minimum absolute atomic E-state index is 0.110. The fourth-order valence-corrected chi connectivity index (χ4v) is 4.22. The number of carboxylic acid groups (broad SMARTS) is 1. The van der Waals surface area contributed by atoms with E-state index >= 15 is 0 Å². The molecule has 3 aromatic carbocycles. The van der Waals surface area contributed by atoms with E-state index in [1.54, 1.807) is 24.3 Å². The Bertz CT molecular complexity index is 1140. The maximum Gasteiger partial charge on any atom is 0.305 e. The maximum absolute atomic E-state index is 10.8. The van der Waals surface area contributed by atoms with Crippen molar-refractivity contribution in [1.82, 2.24) is 0 Å². The zero-order valence-electron chi connectivity index (χ0n) is 20.9. The molecule has 3 N–H and O–H groups in total.